The van der Waals surface area contributed by atoms with Crippen LogP contribution in [0.15, 0.2) is 36.8 Å². The Bertz CT molecular complexity index is 771. The molecule has 0 aliphatic rings. The number of fused-ring (bicyclic) bond motifs is 1. The number of nitrogen functional groups attached to an aromatic ring is 2. The Kier molecular flexibility index (Phi) is 3.25. The first-order valence-electron chi connectivity index (χ1n) is 7.01. The molecule has 108 valence electrons. The van der Waals surface area contributed by atoms with E-state index in [2.05, 4.69) is 34.6 Å². The van der Waals surface area contributed by atoms with Crippen LogP contribution >= 0.6 is 0 Å². The van der Waals surface area contributed by atoms with E-state index < -0.39 is 0 Å². The normalized spacial score (nSPS) is 11.4. The summed E-state index contributed by atoms with van der Waals surface area (Å²) in [5, 5.41) is 0.905. The summed E-state index contributed by atoms with van der Waals surface area (Å²) in [5.41, 5.74) is 15.6. The van der Waals surface area contributed by atoms with Gasteiger partial charge in [0.05, 0.1) is 5.39 Å². The van der Waals surface area contributed by atoms with Gasteiger partial charge >= 0.3 is 0 Å². The van der Waals surface area contributed by atoms with Crippen LogP contribution in [-0.2, 0) is 6.54 Å². The quantitative estimate of drug-likeness (QED) is 0.723. The third-order valence-corrected chi connectivity index (χ3v) is 3.47. The molecule has 1 aromatic carbocycles. The smallest absolute Gasteiger partial charge is 0.146 e. The summed E-state index contributed by atoms with van der Waals surface area (Å²) in [6.07, 6.45) is 3.61. The van der Waals surface area contributed by atoms with Crippen LogP contribution in [0.3, 0.4) is 0 Å². The summed E-state index contributed by atoms with van der Waals surface area (Å²) in [4.78, 5) is 8.54. The number of anilines is 2. The predicted molar refractivity (Wildman–Crippen MR) is 86.6 cm³/mol. The highest BCUT2D eigenvalue weighted by Gasteiger charge is 2.15. The first-order valence-corrected chi connectivity index (χ1v) is 7.01. The number of nitrogens with zero attached hydrogens (tertiary/aromatic N) is 3. The Morgan fingerprint density at radius 1 is 1.10 bits per heavy atom. The topological polar surface area (TPSA) is 82.8 Å². The second-order valence-corrected chi connectivity index (χ2v) is 5.67. The van der Waals surface area contributed by atoms with Crippen molar-refractivity contribution in [1.82, 2.24) is 14.5 Å². The molecule has 2 aromatic heterocycles. The lowest BCUT2D eigenvalue weighted by molar-refractivity contribution is 0.533. The van der Waals surface area contributed by atoms with Crippen LogP contribution in [0.1, 0.15) is 13.8 Å². The summed E-state index contributed by atoms with van der Waals surface area (Å²) in [6.45, 7) is 5.25. The van der Waals surface area contributed by atoms with Crippen molar-refractivity contribution >= 4 is 22.5 Å². The van der Waals surface area contributed by atoms with Crippen LogP contribution in [0.4, 0.5) is 11.5 Å². The fourth-order valence-electron chi connectivity index (χ4n) is 2.56. The summed E-state index contributed by atoms with van der Waals surface area (Å²) in [5.74, 6) is 1.03. The average molecular weight is 281 g/mol. The van der Waals surface area contributed by atoms with E-state index in [1.807, 2.05) is 24.3 Å². The van der Waals surface area contributed by atoms with Gasteiger partial charge in [0.1, 0.15) is 17.8 Å². The van der Waals surface area contributed by atoms with Gasteiger partial charge in [0.2, 0.25) is 0 Å². The molecule has 0 saturated carbocycles. The van der Waals surface area contributed by atoms with E-state index in [4.69, 9.17) is 11.5 Å². The van der Waals surface area contributed by atoms with E-state index in [1.54, 1.807) is 0 Å². The summed E-state index contributed by atoms with van der Waals surface area (Å²) >= 11 is 0. The van der Waals surface area contributed by atoms with Crippen LogP contribution in [0.5, 0.6) is 0 Å². The van der Waals surface area contributed by atoms with E-state index in [-0.39, 0.29) is 0 Å². The Hall–Kier alpha value is -2.56. The molecule has 0 saturated heterocycles. The maximum Gasteiger partial charge on any atom is 0.146 e. The lowest BCUT2D eigenvalue weighted by Gasteiger charge is -2.07. The molecular weight excluding hydrogens is 262 g/mol. The number of hydrogen-bond donors (Lipinski definition) is 2. The third kappa shape index (κ3) is 2.42. The van der Waals surface area contributed by atoms with Crippen molar-refractivity contribution in [2.45, 2.75) is 20.4 Å². The van der Waals surface area contributed by atoms with Gasteiger partial charge in [0, 0.05) is 24.0 Å². The largest absolute Gasteiger partial charge is 0.399 e. The zero-order valence-electron chi connectivity index (χ0n) is 12.2. The molecule has 21 heavy (non-hydrogen) atoms. The van der Waals surface area contributed by atoms with Crippen LogP contribution in [0.2, 0.25) is 0 Å². The van der Waals surface area contributed by atoms with Crippen molar-refractivity contribution in [2.24, 2.45) is 5.92 Å². The molecule has 3 aromatic rings. The minimum absolute atomic E-state index is 0.509. The van der Waals surface area contributed by atoms with Crippen LogP contribution < -0.4 is 11.5 Å². The van der Waals surface area contributed by atoms with E-state index in [0.29, 0.717) is 11.7 Å². The third-order valence-electron chi connectivity index (χ3n) is 3.47. The van der Waals surface area contributed by atoms with Crippen LogP contribution in [0.25, 0.3) is 22.2 Å². The maximum atomic E-state index is 6.08. The molecule has 0 fully saturated rings. The number of rotatable bonds is 3. The molecule has 0 spiro atoms. The van der Waals surface area contributed by atoms with Gasteiger partial charge in [-0.1, -0.05) is 26.0 Å². The van der Waals surface area contributed by atoms with Crippen molar-refractivity contribution < 1.29 is 0 Å². The highest BCUT2D eigenvalue weighted by molar-refractivity contribution is 6.00. The Morgan fingerprint density at radius 2 is 1.81 bits per heavy atom. The van der Waals surface area contributed by atoms with Gasteiger partial charge in [-0.25, -0.2) is 9.97 Å². The Labute approximate surface area is 123 Å². The highest BCUT2D eigenvalue weighted by atomic mass is 15.1. The Balaban J connectivity index is 2.24. The highest BCUT2D eigenvalue weighted by Crippen LogP contribution is 2.33. The fraction of sp³-hybridized carbons (Fsp3) is 0.250. The maximum absolute atomic E-state index is 6.08. The zero-order chi connectivity index (χ0) is 15.0. The molecular formula is C16H19N5. The summed E-state index contributed by atoms with van der Waals surface area (Å²) < 4.78 is 2.14. The van der Waals surface area contributed by atoms with Crippen LogP contribution in [0, 0.1) is 5.92 Å². The first-order chi connectivity index (χ1) is 10.1. The van der Waals surface area contributed by atoms with Crippen molar-refractivity contribution in [3.8, 4) is 11.1 Å². The standard InChI is InChI=1S/C16H19N5/c1-10(2)7-21-8-13(11-3-5-12(17)6-4-11)14-15(18)19-9-20-16(14)21/h3-6,8-10H,7,17H2,1-2H3,(H2,18,19,20). The molecule has 5 heteroatoms. The van der Waals surface area contributed by atoms with Gasteiger partial charge in [-0.3, -0.25) is 0 Å². The number of nitrogens with two attached hydrogens (primary N) is 2. The van der Waals surface area contributed by atoms with Gasteiger partial charge in [0.15, 0.2) is 0 Å². The van der Waals surface area contributed by atoms with Crippen LogP contribution in [-0.4, -0.2) is 14.5 Å². The summed E-state index contributed by atoms with van der Waals surface area (Å²) in [6, 6.07) is 7.77. The van der Waals surface area contributed by atoms with Gasteiger partial charge in [0.25, 0.3) is 0 Å². The second-order valence-electron chi connectivity index (χ2n) is 5.67. The molecule has 0 unspecified atom stereocenters. The summed E-state index contributed by atoms with van der Waals surface area (Å²) in [7, 11) is 0. The van der Waals surface area contributed by atoms with Gasteiger partial charge in [-0.2, -0.15) is 0 Å². The van der Waals surface area contributed by atoms with Gasteiger partial charge in [-0.15, -0.1) is 0 Å². The SMILES string of the molecule is CC(C)Cn1cc(-c2ccc(N)cc2)c2c(N)ncnc21. The van der Waals surface area contributed by atoms with E-state index in [0.717, 1.165) is 34.4 Å². The molecule has 0 amide bonds. The number of aromatic nitrogens is 3. The molecule has 0 radical (unpaired) electrons. The monoisotopic (exact) mass is 281 g/mol. The van der Waals surface area contributed by atoms with Crippen molar-refractivity contribution in [3.05, 3.63) is 36.8 Å². The lowest BCUT2D eigenvalue weighted by atomic mass is 10.1. The van der Waals surface area contributed by atoms with E-state index in [9.17, 15) is 0 Å². The molecule has 0 bridgehead atoms. The number of hydrogen-bond acceptors (Lipinski definition) is 4. The minimum Gasteiger partial charge on any atom is -0.399 e. The Morgan fingerprint density at radius 3 is 2.48 bits per heavy atom. The second kappa shape index (κ2) is 5.09. The molecule has 2 heterocycles. The molecule has 0 aliphatic carbocycles. The average Bonchev–Trinajstić information content (AvgIpc) is 2.79. The van der Waals surface area contributed by atoms with E-state index in [1.165, 1.54) is 6.33 Å². The molecule has 4 N–H and O–H groups in total. The zero-order valence-corrected chi connectivity index (χ0v) is 12.2. The van der Waals surface area contributed by atoms with E-state index >= 15 is 0 Å². The molecule has 0 atom stereocenters. The number of benzene rings is 1. The van der Waals surface area contributed by atoms with Gasteiger partial charge < -0.3 is 16.0 Å². The molecule has 3 rings (SSSR count). The van der Waals surface area contributed by atoms with Crippen molar-refractivity contribution in [1.29, 1.82) is 0 Å². The fourth-order valence-corrected chi connectivity index (χ4v) is 2.56. The lowest BCUT2D eigenvalue weighted by Crippen LogP contribution is -2.04. The predicted octanol–water partition coefficient (Wildman–Crippen LogP) is 2.92. The first kappa shape index (κ1) is 13.4. The molecule has 0 aliphatic heterocycles. The molecule has 5 nitrogen and oxygen atoms in total. The van der Waals surface area contributed by atoms with Crippen molar-refractivity contribution in [3.63, 3.8) is 0 Å². The van der Waals surface area contributed by atoms with Gasteiger partial charge in [-0.05, 0) is 23.6 Å². The minimum atomic E-state index is 0.509. The van der Waals surface area contributed by atoms with Crippen molar-refractivity contribution in [2.75, 3.05) is 11.5 Å².